The van der Waals surface area contributed by atoms with Crippen molar-refractivity contribution >= 4 is 43.4 Å². The predicted octanol–water partition coefficient (Wildman–Crippen LogP) is 2.72. The van der Waals surface area contributed by atoms with Gasteiger partial charge in [0.05, 0.1) is 17.9 Å². The van der Waals surface area contributed by atoms with Crippen LogP contribution in [0.15, 0.2) is 36.7 Å². The molecule has 0 amide bonds. The van der Waals surface area contributed by atoms with Crippen molar-refractivity contribution in [3.05, 3.63) is 36.7 Å². The summed E-state index contributed by atoms with van der Waals surface area (Å²) in [5.74, 6) is 1.57. The number of morpholine rings is 1. The molecular formula is C18H16N6OS. The third-order valence-corrected chi connectivity index (χ3v) is 5.46. The number of rotatable bonds is 2. The fourth-order valence-electron chi connectivity index (χ4n) is 3.15. The van der Waals surface area contributed by atoms with Crippen LogP contribution >= 0.6 is 11.3 Å². The second-order valence-corrected chi connectivity index (χ2v) is 7.08. The maximum Gasteiger partial charge on any atom is 0.162 e. The molecule has 2 N–H and O–H groups in total. The first-order chi connectivity index (χ1) is 12.8. The maximum absolute atomic E-state index is 5.96. The number of hydrogen-bond donors (Lipinski definition) is 1. The van der Waals surface area contributed by atoms with E-state index in [-0.39, 0.29) is 0 Å². The van der Waals surface area contributed by atoms with E-state index in [1.165, 1.54) is 0 Å². The molecule has 4 heterocycles. The van der Waals surface area contributed by atoms with E-state index in [1.54, 1.807) is 23.7 Å². The average Bonchev–Trinajstić information content (AvgIpc) is 3.06. The van der Waals surface area contributed by atoms with Crippen molar-refractivity contribution in [1.82, 2.24) is 19.9 Å². The molecule has 4 aromatic rings. The summed E-state index contributed by atoms with van der Waals surface area (Å²) in [4.78, 5) is 21.8. The number of anilines is 2. The highest BCUT2D eigenvalue weighted by Crippen LogP contribution is 2.37. The van der Waals surface area contributed by atoms with Crippen LogP contribution < -0.4 is 10.6 Å². The first-order valence-corrected chi connectivity index (χ1v) is 9.21. The maximum atomic E-state index is 5.96. The Labute approximate surface area is 153 Å². The summed E-state index contributed by atoms with van der Waals surface area (Å²) in [5, 5.41) is 0. The van der Waals surface area contributed by atoms with Crippen molar-refractivity contribution in [3.63, 3.8) is 0 Å². The van der Waals surface area contributed by atoms with E-state index in [2.05, 4.69) is 14.9 Å². The number of hydrogen-bond acceptors (Lipinski definition) is 8. The summed E-state index contributed by atoms with van der Waals surface area (Å²) < 4.78 is 6.51. The van der Waals surface area contributed by atoms with Gasteiger partial charge in [-0.05, 0) is 12.1 Å². The third kappa shape index (κ3) is 2.54. The summed E-state index contributed by atoms with van der Waals surface area (Å²) in [5.41, 5.74) is 9.19. The Hall–Kier alpha value is -2.84. The van der Waals surface area contributed by atoms with Crippen LogP contribution in [0.1, 0.15) is 0 Å². The van der Waals surface area contributed by atoms with E-state index >= 15 is 0 Å². The number of fused-ring (bicyclic) bond motifs is 3. The molecule has 1 aromatic carbocycles. The zero-order valence-electron chi connectivity index (χ0n) is 13.9. The van der Waals surface area contributed by atoms with E-state index in [9.17, 15) is 0 Å². The van der Waals surface area contributed by atoms with E-state index in [4.69, 9.17) is 20.4 Å². The predicted molar refractivity (Wildman–Crippen MR) is 103 cm³/mol. The number of thiophene rings is 1. The van der Waals surface area contributed by atoms with Crippen LogP contribution in [0.4, 0.5) is 11.5 Å². The van der Waals surface area contributed by atoms with Gasteiger partial charge in [0.15, 0.2) is 11.6 Å². The molecule has 7 nitrogen and oxygen atoms in total. The SMILES string of the molecule is Nc1cccc(-c2nc(N3CCOCC3)c3sc4nccnc4c3n2)c1. The lowest BCUT2D eigenvalue weighted by Gasteiger charge is -2.28. The zero-order valence-corrected chi connectivity index (χ0v) is 14.7. The van der Waals surface area contributed by atoms with Crippen LogP contribution in [0.5, 0.6) is 0 Å². The summed E-state index contributed by atoms with van der Waals surface area (Å²) in [7, 11) is 0. The molecule has 1 aliphatic heterocycles. The molecule has 5 rings (SSSR count). The highest BCUT2D eigenvalue weighted by Gasteiger charge is 2.21. The Morgan fingerprint density at radius 3 is 2.73 bits per heavy atom. The van der Waals surface area contributed by atoms with Gasteiger partial charge < -0.3 is 15.4 Å². The van der Waals surface area contributed by atoms with Gasteiger partial charge in [0, 0.05) is 36.7 Å². The van der Waals surface area contributed by atoms with E-state index in [1.807, 2.05) is 24.3 Å². The average molecular weight is 364 g/mol. The second kappa shape index (κ2) is 6.15. The van der Waals surface area contributed by atoms with Crippen molar-refractivity contribution in [2.24, 2.45) is 0 Å². The summed E-state index contributed by atoms with van der Waals surface area (Å²) in [6.07, 6.45) is 3.41. The molecule has 0 spiro atoms. The lowest BCUT2D eigenvalue weighted by Crippen LogP contribution is -2.36. The highest BCUT2D eigenvalue weighted by atomic mass is 32.1. The lowest BCUT2D eigenvalue weighted by atomic mass is 10.2. The van der Waals surface area contributed by atoms with E-state index in [0.29, 0.717) is 24.7 Å². The molecule has 1 fully saturated rings. The number of nitrogen functional groups attached to an aromatic ring is 1. The molecule has 1 saturated heterocycles. The fourth-order valence-corrected chi connectivity index (χ4v) is 4.21. The van der Waals surface area contributed by atoms with Gasteiger partial charge in [-0.15, -0.1) is 11.3 Å². The smallest absolute Gasteiger partial charge is 0.162 e. The van der Waals surface area contributed by atoms with Crippen LogP contribution in [-0.2, 0) is 4.74 Å². The third-order valence-electron chi connectivity index (χ3n) is 4.39. The zero-order chi connectivity index (χ0) is 17.5. The monoisotopic (exact) mass is 364 g/mol. The molecule has 1 aliphatic rings. The van der Waals surface area contributed by atoms with Crippen molar-refractivity contribution in [2.75, 3.05) is 36.9 Å². The number of nitrogens with two attached hydrogens (primary N) is 1. The van der Waals surface area contributed by atoms with Crippen molar-refractivity contribution in [2.45, 2.75) is 0 Å². The molecule has 0 unspecified atom stereocenters. The largest absolute Gasteiger partial charge is 0.399 e. The minimum absolute atomic E-state index is 0.650. The van der Waals surface area contributed by atoms with Crippen LogP contribution in [0.3, 0.4) is 0 Å². The lowest BCUT2D eigenvalue weighted by molar-refractivity contribution is 0.122. The van der Waals surface area contributed by atoms with Gasteiger partial charge in [-0.1, -0.05) is 12.1 Å². The quantitative estimate of drug-likeness (QED) is 0.547. The molecule has 0 bridgehead atoms. The Morgan fingerprint density at radius 1 is 1.04 bits per heavy atom. The molecular weight excluding hydrogens is 348 g/mol. The molecule has 8 heteroatoms. The summed E-state index contributed by atoms with van der Waals surface area (Å²) in [6.45, 7) is 3.00. The van der Waals surface area contributed by atoms with Crippen LogP contribution in [0.25, 0.3) is 32.0 Å². The Kier molecular flexibility index (Phi) is 3.65. The van der Waals surface area contributed by atoms with Gasteiger partial charge in [0.25, 0.3) is 0 Å². The summed E-state index contributed by atoms with van der Waals surface area (Å²) >= 11 is 1.58. The minimum Gasteiger partial charge on any atom is -0.399 e. The molecule has 130 valence electrons. The molecule has 0 aliphatic carbocycles. The van der Waals surface area contributed by atoms with E-state index in [0.717, 1.165) is 45.0 Å². The molecule has 0 saturated carbocycles. The summed E-state index contributed by atoms with van der Waals surface area (Å²) in [6, 6.07) is 7.64. The number of aromatic nitrogens is 4. The first kappa shape index (κ1) is 15.4. The van der Waals surface area contributed by atoms with Gasteiger partial charge in [-0.25, -0.2) is 19.9 Å². The van der Waals surface area contributed by atoms with Crippen LogP contribution in [-0.4, -0.2) is 46.2 Å². The normalized spacial score (nSPS) is 15.0. The van der Waals surface area contributed by atoms with Gasteiger partial charge in [-0.2, -0.15) is 0 Å². The van der Waals surface area contributed by atoms with Gasteiger partial charge in [-0.3, -0.25) is 0 Å². The van der Waals surface area contributed by atoms with Crippen LogP contribution in [0, 0.1) is 0 Å². The molecule has 3 aromatic heterocycles. The Bertz CT molecular complexity index is 1110. The Morgan fingerprint density at radius 2 is 1.88 bits per heavy atom. The van der Waals surface area contributed by atoms with Crippen molar-refractivity contribution < 1.29 is 4.74 Å². The van der Waals surface area contributed by atoms with Gasteiger partial charge in [0.2, 0.25) is 0 Å². The van der Waals surface area contributed by atoms with E-state index < -0.39 is 0 Å². The van der Waals surface area contributed by atoms with Gasteiger partial charge >= 0.3 is 0 Å². The Balaban J connectivity index is 1.79. The topological polar surface area (TPSA) is 90.0 Å². The number of benzene rings is 1. The van der Waals surface area contributed by atoms with Gasteiger partial charge in [0.1, 0.15) is 15.9 Å². The highest BCUT2D eigenvalue weighted by molar-refractivity contribution is 7.25. The first-order valence-electron chi connectivity index (χ1n) is 8.39. The molecule has 0 radical (unpaired) electrons. The van der Waals surface area contributed by atoms with Crippen molar-refractivity contribution in [1.29, 1.82) is 0 Å². The second-order valence-electron chi connectivity index (χ2n) is 6.09. The number of nitrogens with zero attached hydrogens (tertiary/aromatic N) is 5. The fraction of sp³-hybridized carbons (Fsp3) is 0.222. The molecule has 0 atom stereocenters. The minimum atomic E-state index is 0.650. The standard InChI is InChI=1S/C18H16N6OS/c19-12-3-1-2-11(10-12)16-22-13-14-18(21-5-4-20-14)26-15(13)17(23-16)24-6-8-25-9-7-24/h1-5,10H,6-9,19H2. The van der Waals surface area contributed by atoms with Crippen molar-refractivity contribution in [3.8, 4) is 11.4 Å². The number of ether oxygens (including phenoxy) is 1. The van der Waals surface area contributed by atoms with Crippen LogP contribution in [0.2, 0.25) is 0 Å². The molecule has 26 heavy (non-hydrogen) atoms.